The van der Waals surface area contributed by atoms with Crippen LogP contribution in [0.1, 0.15) is 5.69 Å². The fourth-order valence-electron chi connectivity index (χ4n) is 1.01. The molecular formula is C7H6IN3. The van der Waals surface area contributed by atoms with E-state index >= 15 is 0 Å². The number of aromatic nitrogens is 3. The summed E-state index contributed by atoms with van der Waals surface area (Å²) >= 11 is 2.19. The van der Waals surface area contributed by atoms with E-state index in [1.54, 1.807) is 6.20 Å². The van der Waals surface area contributed by atoms with E-state index in [-0.39, 0.29) is 0 Å². The zero-order chi connectivity index (χ0) is 7.84. The first kappa shape index (κ1) is 7.02. The molecule has 0 fully saturated rings. The SMILES string of the molecule is Cc1cncc2nc(I)cn12. The largest absolute Gasteiger partial charge is 0.300 e. The predicted octanol–water partition coefficient (Wildman–Crippen LogP) is 1.64. The lowest BCUT2D eigenvalue weighted by molar-refractivity contribution is 1.05. The van der Waals surface area contributed by atoms with Crippen molar-refractivity contribution in [1.29, 1.82) is 0 Å². The van der Waals surface area contributed by atoms with Crippen molar-refractivity contribution in [3.8, 4) is 0 Å². The first-order valence-corrected chi connectivity index (χ1v) is 4.30. The van der Waals surface area contributed by atoms with Gasteiger partial charge in [0.25, 0.3) is 0 Å². The zero-order valence-electron chi connectivity index (χ0n) is 5.95. The standard InChI is InChI=1S/C7H6IN3/c1-5-2-9-3-7-10-6(8)4-11(5)7/h2-4H,1H3. The summed E-state index contributed by atoms with van der Waals surface area (Å²) in [6.45, 7) is 2.01. The Morgan fingerprint density at radius 1 is 1.45 bits per heavy atom. The van der Waals surface area contributed by atoms with Gasteiger partial charge in [0.1, 0.15) is 3.70 Å². The Kier molecular flexibility index (Phi) is 1.56. The minimum Gasteiger partial charge on any atom is -0.300 e. The number of rotatable bonds is 0. The number of hydrogen-bond acceptors (Lipinski definition) is 2. The highest BCUT2D eigenvalue weighted by atomic mass is 127. The molecule has 2 rings (SSSR count). The van der Waals surface area contributed by atoms with Crippen molar-refractivity contribution in [3.63, 3.8) is 0 Å². The average Bonchev–Trinajstić information content (AvgIpc) is 2.31. The van der Waals surface area contributed by atoms with Gasteiger partial charge in [-0.1, -0.05) is 0 Å². The van der Waals surface area contributed by atoms with Crippen molar-refractivity contribution < 1.29 is 0 Å². The summed E-state index contributed by atoms with van der Waals surface area (Å²) in [4.78, 5) is 8.30. The fourth-order valence-corrected chi connectivity index (χ4v) is 1.54. The van der Waals surface area contributed by atoms with Gasteiger partial charge >= 0.3 is 0 Å². The number of fused-ring (bicyclic) bond motifs is 1. The molecule has 0 aliphatic carbocycles. The molecule has 0 aliphatic rings. The van der Waals surface area contributed by atoms with Crippen molar-refractivity contribution in [2.75, 3.05) is 0 Å². The third-order valence-electron chi connectivity index (χ3n) is 1.54. The van der Waals surface area contributed by atoms with Gasteiger partial charge in [0.15, 0.2) is 5.65 Å². The Morgan fingerprint density at radius 3 is 3.00 bits per heavy atom. The molecule has 0 radical (unpaired) electrons. The van der Waals surface area contributed by atoms with Crippen LogP contribution in [-0.2, 0) is 0 Å². The van der Waals surface area contributed by atoms with Gasteiger partial charge in [-0.05, 0) is 29.5 Å². The van der Waals surface area contributed by atoms with Crippen LogP contribution in [0.15, 0.2) is 18.6 Å². The topological polar surface area (TPSA) is 30.2 Å². The molecule has 3 nitrogen and oxygen atoms in total. The molecule has 0 unspecified atom stereocenters. The molecule has 0 bridgehead atoms. The molecular weight excluding hydrogens is 253 g/mol. The number of aryl methyl sites for hydroxylation is 1. The summed E-state index contributed by atoms with van der Waals surface area (Å²) < 4.78 is 3.02. The molecule has 0 amide bonds. The normalized spacial score (nSPS) is 10.7. The molecule has 4 heteroatoms. The highest BCUT2D eigenvalue weighted by molar-refractivity contribution is 14.1. The molecule has 0 atom stereocenters. The molecule has 0 N–H and O–H groups in total. The predicted molar refractivity (Wildman–Crippen MR) is 50.4 cm³/mol. The van der Waals surface area contributed by atoms with E-state index in [9.17, 15) is 0 Å². The van der Waals surface area contributed by atoms with Gasteiger partial charge in [-0.3, -0.25) is 4.98 Å². The lowest BCUT2D eigenvalue weighted by Crippen LogP contribution is -1.89. The average molecular weight is 259 g/mol. The van der Waals surface area contributed by atoms with Crippen molar-refractivity contribution in [2.24, 2.45) is 0 Å². The molecule has 56 valence electrons. The first-order valence-electron chi connectivity index (χ1n) is 3.22. The Hall–Kier alpha value is -0.650. The van der Waals surface area contributed by atoms with E-state index in [2.05, 4.69) is 32.6 Å². The Bertz CT molecular complexity index is 393. The number of nitrogens with zero attached hydrogens (tertiary/aromatic N) is 3. The van der Waals surface area contributed by atoms with E-state index in [1.807, 2.05) is 23.7 Å². The van der Waals surface area contributed by atoms with Crippen molar-refractivity contribution in [1.82, 2.24) is 14.4 Å². The minimum atomic E-state index is 0.911. The van der Waals surface area contributed by atoms with Crippen LogP contribution < -0.4 is 0 Å². The first-order chi connectivity index (χ1) is 5.27. The maximum Gasteiger partial charge on any atom is 0.156 e. The molecule has 0 aliphatic heterocycles. The van der Waals surface area contributed by atoms with Gasteiger partial charge in [-0.2, -0.15) is 0 Å². The molecule has 0 saturated heterocycles. The van der Waals surface area contributed by atoms with Gasteiger partial charge in [-0.25, -0.2) is 4.98 Å². The quantitative estimate of drug-likeness (QED) is 0.673. The number of hydrogen-bond donors (Lipinski definition) is 0. The summed E-state index contributed by atoms with van der Waals surface area (Å²) in [5.74, 6) is 0. The second-order valence-electron chi connectivity index (χ2n) is 2.34. The van der Waals surface area contributed by atoms with Gasteiger partial charge < -0.3 is 4.40 Å². The second kappa shape index (κ2) is 2.44. The van der Waals surface area contributed by atoms with Crippen LogP contribution in [0.25, 0.3) is 5.65 Å². The second-order valence-corrected chi connectivity index (χ2v) is 3.45. The van der Waals surface area contributed by atoms with Crippen LogP contribution >= 0.6 is 22.6 Å². The Labute approximate surface area is 77.6 Å². The fraction of sp³-hybridized carbons (Fsp3) is 0.143. The molecule has 2 heterocycles. The number of halogens is 1. The summed E-state index contributed by atoms with van der Waals surface area (Å²) in [6, 6.07) is 0. The van der Waals surface area contributed by atoms with Gasteiger partial charge in [-0.15, -0.1) is 0 Å². The molecule has 0 spiro atoms. The van der Waals surface area contributed by atoms with E-state index in [0.717, 1.165) is 15.0 Å². The molecule has 2 aromatic rings. The third-order valence-corrected chi connectivity index (χ3v) is 2.05. The Balaban J connectivity index is 2.90. The lowest BCUT2D eigenvalue weighted by atomic mass is 10.5. The summed E-state index contributed by atoms with van der Waals surface area (Å²) in [6.07, 6.45) is 5.58. The maximum absolute atomic E-state index is 4.26. The number of imidazole rings is 1. The van der Waals surface area contributed by atoms with Crippen LogP contribution in [0.4, 0.5) is 0 Å². The van der Waals surface area contributed by atoms with E-state index in [4.69, 9.17) is 0 Å². The lowest BCUT2D eigenvalue weighted by Gasteiger charge is -1.94. The van der Waals surface area contributed by atoms with Crippen molar-refractivity contribution in [2.45, 2.75) is 6.92 Å². The molecule has 2 aromatic heterocycles. The van der Waals surface area contributed by atoms with Crippen LogP contribution in [0, 0.1) is 10.6 Å². The van der Waals surface area contributed by atoms with Crippen molar-refractivity contribution in [3.05, 3.63) is 28.0 Å². The van der Waals surface area contributed by atoms with E-state index in [1.165, 1.54) is 0 Å². The van der Waals surface area contributed by atoms with E-state index in [0.29, 0.717) is 0 Å². The van der Waals surface area contributed by atoms with Gasteiger partial charge in [0, 0.05) is 18.1 Å². The smallest absolute Gasteiger partial charge is 0.156 e. The maximum atomic E-state index is 4.26. The summed E-state index contributed by atoms with van der Waals surface area (Å²) in [5, 5.41) is 0. The van der Waals surface area contributed by atoms with Crippen LogP contribution in [0.2, 0.25) is 0 Å². The zero-order valence-corrected chi connectivity index (χ0v) is 8.11. The summed E-state index contributed by atoms with van der Waals surface area (Å²) in [5.41, 5.74) is 2.02. The van der Waals surface area contributed by atoms with Crippen molar-refractivity contribution >= 4 is 28.2 Å². The monoisotopic (exact) mass is 259 g/mol. The van der Waals surface area contributed by atoms with Gasteiger partial charge in [0.05, 0.1) is 6.20 Å². The molecule has 0 aromatic carbocycles. The highest BCUT2D eigenvalue weighted by Crippen LogP contribution is 2.07. The third kappa shape index (κ3) is 1.11. The highest BCUT2D eigenvalue weighted by Gasteiger charge is 1.98. The van der Waals surface area contributed by atoms with Crippen LogP contribution in [-0.4, -0.2) is 14.4 Å². The Morgan fingerprint density at radius 2 is 2.27 bits per heavy atom. The molecule has 0 saturated carbocycles. The van der Waals surface area contributed by atoms with Crippen LogP contribution in [0.5, 0.6) is 0 Å². The van der Waals surface area contributed by atoms with Gasteiger partial charge in [0.2, 0.25) is 0 Å². The molecule has 11 heavy (non-hydrogen) atoms. The summed E-state index contributed by atoms with van der Waals surface area (Å²) in [7, 11) is 0. The van der Waals surface area contributed by atoms with E-state index < -0.39 is 0 Å². The minimum absolute atomic E-state index is 0.911. The van der Waals surface area contributed by atoms with Crippen LogP contribution in [0.3, 0.4) is 0 Å².